The number of nitrogens with zero attached hydrogens (tertiary/aromatic N) is 3. The molecule has 1 aliphatic heterocycles. The molecule has 2 amide bonds. The van der Waals surface area contributed by atoms with Gasteiger partial charge in [0.05, 0.1) is 23.2 Å². The first kappa shape index (κ1) is 33.8. The zero-order valence-corrected chi connectivity index (χ0v) is 27.8. The molecule has 1 fully saturated rings. The number of benzene rings is 3. The molecule has 5 aromatic rings. The summed E-state index contributed by atoms with van der Waals surface area (Å²) in [5.41, 5.74) is 4.05. The van der Waals surface area contributed by atoms with Gasteiger partial charge in [-0.1, -0.05) is 84.0 Å². The number of nitrogens with one attached hydrogen (secondary N) is 3. The van der Waals surface area contributed by atoms with Gasteiger partial charge in [-0.05, 0) is 42.5 Å². The number of rotatable bonds is 14. The van der Waals surface area contributed by atoms with E-state index in [-0.39, 0.29) is 24.9 Å². The average Bonchev–Trinajstić information content (AvgIpc) is 3.75. The molecule has 3 aromatic carbocycles. The van der Waals surface area contributed by atoms with Crippen LogP contribution in [-0.4, -0.2) is 70.2 Å². The molecule has 2 aromatic heterocycles. The molecule has 3 atom stereocenters. The number of amides is 2. The maximum absolute atomic E-state index is 13.9. The topological polar surface area (TPSA) is 161 Å². The van der Waals surface area contributed by atoms with Gasteiger partial charge in [0, 0.05) is 30.1 Å². The molecule has 0 bridgehead atoms. The standard InChI is InChI=1S/C36H38N6O6S/c1-23-38-27(22-49-23)18-31-41-42-36(48-31)46-21-29-20-37-19-28(47-29)17-16-24-10-8-9-15-30(24)39-34(43)33(40-35(44)45)32(25-11-4-2-5-12-25)26-13-6-3-7-14-26/h2-15,22,28-29,32-33,37,40H,16-21H2,1H3,(H,39,43)(H,44,45)/t28-,29+,33+/m1/s1. The van der Waals surface area contributed by atoms with Gasteiger partial charge in [-0.25, -0.2) is 9.78 Å². The van der Waals surface area contributed by atoms with Crippen molar-refractivity contribution in [3.05, 3.63) is 124 Å². The van der Waals surface area contributed by atoms with Gasteiger partial charge in [-0.2, -0.15) is 0 Å². The molecule has 49 heavy (non-hydrogen) atoms. The quantitative estimate of drug-likeness (QED) is 0.123. The maximum atomic E-state index is 13.9. The van der Waals surface area contributed by atoms with E-state index in [2.05, 4.69) is 31.1 Å². The lowest BCUT2D eigenvalue weighted by Crippen LogP contribution is -2.47. The highest BCUT2D eigenvalue weighted by molar-refractivity contribution is 7.09. The fourth-order valence-electron chi connectivity index (χ4n) is 5.94. The maximum Gasteiger partial charge on any atom is 0.414 e. The van der Waals surface area contributed by atoms with Crippen LogP contribution in [0.4, 0.5) is 10.5 Å². The second kappa shape index (κ2) is 16.3. The molecule has 254 valence electrons. The van der Waals surface area contributed by atoms with E-state index in [1.807, 2.05) is 97.2 Å². The van der Waals surface area contributed by atoms with Gasteiger partial charge in [-0.15, -0.1) is 16.4 Å². The Labute approximate surface area is 287 Å². The average molecular weight is 683 g/mol. The van der Waals surface area contributed by atoms with Gasteiger partial charge in [0.1, 0.15) is 18.8 Å². The third kappa shape index (κ3) is 9.28. The lowest BCUT2D eigenvalue weighted by molar-refractivity contribution is -0.118. The Morgan fingerprint density at radius 1 is 0.980 bits per heavy atom. The zero-order chi connectivity index (χ0) is 34.0. The van der Waals surface area contributed by atoms with Crippen molar-refractivity contribution in [2.45, 2.75) is 50.4 Å². The Morgan fingerprint density at radius 2 is 1.67 bits per heavy atom. The van der Waals surface area contributed by atoms with Crippen LogP contribution in [0.1, 0.15) is 45.6 Å². The van der Waals surface area contributed by atoms with Crippen LogP contribution in [-0.2, 0) is 22.4 Å². The fourth-order valence-corrected chi connectivity index (χ4v) is 6.55. The summed E-state index contributed by atoms with van der Waals surface area (Å²) in [7, 11) is 0. The summed E-state index contributed by atoms with van der Waals surface area (Å²) in [5.74, 6) is -0.564. The van der Waals surface area contributed by atoms with E-state index in [9.17, 15) is 14.7 Å². The number of carbonyl (C=O) groups excluding carboxylic acids is 1. The second-order valence-electron chi connectivity index (χ2n) is 11.8. The minimum Gasteiger partial charge on any atom is -0.465 e. The molecular formula is C36H38N6O6S. The highest BCUT2D eigenvalue weighted by Gasteiger charge is 2.33. The summed E-state index contributed by atoms with van der Waals surface area (Å²) >= 11 is 1.57. The molecule has 3 heterocycles. The van der Waals surface area contributed by atoms with Gasteiger partial charge in [-0.3, -0.25) is 4.79 Å². The van der Waals surface area contributed by atoms with Crippen LogP contribution in [0.3, 0.4) is 0 Å². The van der Waals surface area contributed by atoms with Crippen LogP contribution in [0.5, 0.6) is 6.08 Å². The number of carbonyl (C=O) groups is 2. The Bertz CT molecular complexity index is 1780. The number of aryl methyl sites for hydroxylation is 2. The predicted molar refractivity (Wildman–Crippen MR) is 184 cm³/mol. The molecule has 4 N–H and O–H groups in total. The SMILES string of the molecule is Cc1nc(Cc2nnc(OC[C@@H]3CNC[C@@H](CCc4ccccc4NC(=O)[C@@H](NC(=O)O)C(c4ccccc4)c4ccccc4)O3)o2)cs1. The van der Waals surface area contributed by atoms with E-state index in [1.54, 1.807) is 11.3 Å². The normalized spacial score (nSPS) is 16.6. The Balaban J connectivity index is 1.07. The van der Waals surface area contributed by atoms with E-state index in [4.69, 9.17) is 13.9 Å². The monoisotopic (exact) mass is 682 g/mol. The molecule has 0 spiro atoms. The smallest absolute Gasteiger partial charge is 0.414 e. The number of thiazole rings is 1. The zero-order valence-electron chi connectivity index (χ0n) is 27.0. The Kier molecular flexibility index (Phi) is 11.3. The van der Waals surface area contributed by atoms with Crippen molar-refractivity contribution in [1.82, 2.24) is 25.8 Å². The third-order valence-electron chi connectivity index (χ3n) is 8.19. The third-order valence-corrected chi connectivity index (χ3v) is 9.01. The summed E-state index contributed by atoms with van der Waals surface area (Å²) in [4.78, 5) is 30.3. The van der Waals surface area contributed by atoms with Crippen molar-refractivity contribution >= 4 is 29.0 Å². The molecule has 6 rings (SSSR count). The van der Waals surface area contributed by atoms with Gasteiger partial charge in [0.2, 0.25) is 11.8 Å². The number of para-hydroxylation sites is 1. The highest BCUT2D eigenvalue weighted by Crippen LogP contribution is 2.30. The number of aromatic nitrogens is 3. The van der Waals surface area contributed by atoms with Crippen molar-refractivity contribution in [2.24, 2.45) is 0 Å². The van der Waals surface area contributed by atoms with E-state index < -0.39 is 24.0 Å². The Hall–Kier alpha value is -5.11. The molecule has 0 saturated carbocycles. The number of hydrogen-bond acceptors (Lipinski definition) is 10. The van der Waals surface area contributed by atoms with Crippen molar-refractivity contribution in [3.63, 3.8) is 0 Å². The van der Waals surface area contributed by atoms with Crippen molar-refractivity contribution in [1.29, 1.82) is 0 Å². The van der Waals surface area contributed by atoms with Gasteiger partial charge >= 0.3 is 12.2 Å². The molecule has 0 aliphatic carbocycles. The first-order valence-corrected chi connectivity index (χ1v) is 17.0. The lowest BCUT2D eigenvalue weighted by Gasteiger charge is -2.30. The van der Waals surface area contributed by atoms with E-state index >= 15 is 0 Å². The van der Waals surface area contributed by atoms with E-state index in [0.29, 0.717) is 43.9 Å². The minimum atomic E-state index is -1.28. The number of anilines is 1. The summed E-state index contributed by atoms with van der Waals surface area (Å²) in [5, 5.41) is 29.7. The van der Waals surface area contributed by atoms with Crippen LogP contribution in [0.15, 0.2) is 94.7 Å². The van der Waals surface area contributed by atoms with Crippen LogP contribution in [0, 0.1) is 6.92 Å². The summed E-state index contributed by atoms with van der Waals surface area (Å²) in [6.07, 6.45) is 0.244. The van der Waals surface area contributed by atoms with E-state index in [0.717, 1.165) is 27.4 Å². The predicted octanol–water partition coefficient (Wildman–Crippen LogP) is 5.20. The Morgan fingerprint density at radius 3 is 2.37 bits per heavy atom. The lowest BCUT2D eigenvalue weighted by atomic mass is 9.84. The molecule has 0 radical (unpaired) electrons. The van der Waals surface area contributed by atoms with Crippen LogP contribution < -0.4 is 20.7 Å². The molecule has 13 heteroatoms. The first-order valence-electron chi connectivity index (χ1n) is 16.1. The van der Waals surface area contributed by atoms with Gasteiger partial charge in [0.25, 0.3) is 0 Å². The largest absolute Gasteiger partial charge is 0.465 e. The molecule has 1 aliphatic rings. The number of carboxylic acid groups (broad SMARTS) is 1. The first-order chi connectivity index (χ1) is 23.9. The molecule has 0 unspecified atom stereocenters. The summed E-state index contributed by atoms with van der Waals surface area (Å²) in [6, 6.07) is 25.3. The second-order valence-corrected chi connectivity index (χ2v) is 12.8. The minimum absolute atomic E-state index is 0.0924. The van der Waals surface area contributed by atoms with Crippen molar-refractivity contribution in [3.8, 4) is 6.08 Å². The summed E-state index contributed by atoms with van der Waals surface area (Å²) < 4.78 is 17.7. The van der Waals surface area contributed by atoms with Gasteiger partial charge in [0.15, 0.2) is 0 Å². The van der Waals surface area contributed by atoms with Crippen molar-refractivity contribution < 1.29 is 28.6 Å². The molecule has 1 saturated heterocycles. The van der Waals surface area contributed by atoms with Crippen LogP contribution in [0.2, 0.25) is 0 Å². The number of hydrogen-bond donors (Lipinski definition) is 4. The number of ether oxygens (including phenoxy) is 2. The molecular weight excluding hydrogens is 644 g/mol. The molecule has 12 nitrogen and oxygen atoms in total. The number of morpholine rings is 1. The van der Waals surface area contributed by atoms with E-state index in [1.165, 1.54) is 0 Å². The van der Waals surface area contributed by atoms with Crippen LogP contribution >= 0.6 is 11.3 Å². The van der Waals surface area contributed by atoms with Crippen LogP contribution in [0.25, 0.3) is 0 Å². The van der Waals surface area contributed by atoms with Crippen molar-refractivity contribution in [2.75, 3.05) is 25.0 Å². The highest BCUT2D eigenvalue weighted by atomic mass is 32.1. The van der Waals surface area contributed by atoms with Gasteiger partial charge < -0.3 is 34.9 Å². The summed E-state index contributed by atoms with van der Waals surface area (Å²) in [6.45, 7) is 3.48. The fraction of sp³-hybridized carbons (Fsp3) is 0.306.